The number of ether oxygens (including phenoxy) is 2. The summed E-state index contributed by atoms with van der Waals surface area (Å²) in [6.45, 7) is 5.69. The van der Waals surface area contributed by atoms with Crippen LogP contribution in [-0.2, 0) is 9.53 Å². The summed E-state index contributed by atoms with van der Waals surface area (Å²) in [5, 5.41) is 3.61. The van der Waals surface area contributed by atoms with Crippen LogP contribution in [0.2, 0.25) is 0 Å². The highest BCUT2D eigenvalue weighted by atomic mass is 16.5. The molecule has 0 saturated heterocycles. The van der Waals surface area contributed by atoms with E-state index in [1.54, 1.807) is 7.11 Å². The normalized spacial score (nSPS) is 21.3. The molecule has 0 unspecified atom stereocenters. The summed E-state index contributed by atoms with van der Waals surface area (Å²) in [7, 11) is 1.64. The summed E-state index contributed by atoms with van der Waals surface area (Å²) >= 11 is 0. The van der Waals surface area contributed by atoms with Crippen LogP contribution in [0.15, 0.2) is 48.5 Å². The van der Waals surface area contributed by atoms with Gasteiger partial charge in [-0.25, -0.2) is 0 Å². The van der Waals surface area contributed by atoms with E-state index in [4.69, 9.17) is 9.47 Å². The molecule has 126 valence electrons. The Kier molecular flexibility index (Phi) is 4.22. The zero-order valence-corrected chi connectivity index (χ0v) is 14.5. The molecule has 2 aromatic rings. The zero-order valence-electron chi connectivity index (χ0n) is 14.5. The van der Waals surface area contributed by atoms with Crippen LogP contribution in [0, 0.1) is 5.41 Å². The van der Waals surface area contributed by atoms with Crippen LogP contribution < -0.4 is 10.1 Å². The van der Waals surface area contributed by atoms with Gasteiger partial charge in [-0.3, -0.25) is 4.79 Å². The van der Waals surface area contributed by atoms with Crippen LogP contribution in [-0.4, -0.2) is 13.1 Å². The van der Waals surface area contributed by atoms with E-state index in [0.717, 1.165) is 17.0 Å². The topological polar surface area (TPSA) is 47.6 Å². The van der Waals surface area contributed by atoms with Crippen LogP contribution >= 0.6 is 0 Å². The highest BCUT2D eigenvalue weighted by molar-refractivity contribution is 5.68. The van der Waals surface area contributed by atoms with Gasteiger partial charge in [0, 0.05) is 23.6 Å². The fourth-order valence-electron chi connectivity index (χ4n) is 3.45. The molecule has 1 heterocycles. The first kappa shape index (κ1) is 16.4. The number of benzene rings is 2. The van der Waals surface area contributed by atoms with Gasteiger partial charge in [-0.15, -0.1) is 0 Å². The Labute approximate surface area is 142 Å². The third-order valence-corrected chi connectivity index (χ3v) is 4.68. The first-order valence-electron chi connectivity index (χ1n) is 8.10. The van der Waals surface area contributed by atoms with E-state index in [-0.39, 0.29) is 23.5 Å². The minimum atomic E-state index is -0.355. The molecule has 0 bridgehead atoms. The maximum Gasteiger partial charge on any atom is 0.303 e. The molecule has 0 aromatic heterocycles. The molecule has 0 spiro atoms. The average Bonchev–Trinajstić information content (AvgIpc) is 2.57. The van der Waals surface area contributed by atoms with Crippen LogP contribution in [0.1, 0.15) is 44.0 Å². The second-order valence-electron chi connectivity index (χ2n) is 6.75. The van der Waals surface area contributed by atoms with Gasteiger partial charge < -0.3 is 14.8 Å². The van der Waals surface area contributed by atoms with Crippen molar-refractivity contribution in [3.05, 3.63) is 59.7 Å². The van der Waals surface area contributed by atoms with Gasteiger partial charge in [-0.05, 0) is 23.8 Å². The fraction of sp³-hybridized carbons (Fsp3) is 0.350. The summed E-state index contributed by atoms with van der Waals surface area (Å²) in [6, 6.07) is 16.1. The standard InChI is InChI=1S/C20H23NO3/c1-13(22)24-19-16-12-15(23-4)10-11-17(16)21-18(20(19,2)3)14-8-6-5-7-9-14/h5-12,18-19,21H,1-4H3/t18-,19+/m1/s1. The number of rotatable bonds is 3. The van der Waals surface area contributed by atoms with Gasteiger partial charge in [0.2, 0.25) is 0 Å². The van der Waals surface area contributed by atoms with E-state index in [9.17, 15) is 4.79 Å². The van der Waals surface area contributed by atoms with Crippen molar-refractivity contribution in [1.82, 2.24) is 0 Å². The number of fused-ring (bicyclic) bond motifs is 1. The molecule has 0 aliphatic carbocycles. The van der Waals surface area contributed by atoms with Gasteiger partial charge in [-0.1, -0.05) is 44.2 Å². The highest BCUT2D eigenvalue weighted by Gasteiger charge is 2.46. The van der Waals surface area contributed by atoms with Crippen molar-refractivity contribution in [3.63, 3.8) is 0 Å². The minimum Gasteiger partial charge on any atom is -0.497 e. The van der Waals surface area contributed by atoms with Crippen LogP contribution in [0.25, 0.3) is 0 Å². The van der Waals surface area contributed by atoms with Crippen molar-refractivity contribution in [2.45, 2.75) is 32.9 Å². The molecule has 3 rings (SSSR count). The van der Waals surface area contributed by atoms with Gasteiger partial charge in [0.25, 0.3) is 0 Å². The molecule has 0 saturated carbocycles. The van der Waals surface area contributed by atoms with Crippen molar-refractivity contribution in [2.75, 3.05) is 12.4 Å². The van der Waals surface area contributed by atoms with Crippen LogP contribution in [0.4, 0.5) is 5.69 Å². The summed E-state index contributed by atoms with van der Waals surface area (Å²) < 4.78 is 11.1. The summed E-state index contributed by atoms with van der Waals surface area (Å²) in [5.41, 5.74) is 2.75. The minimum absolute atomic E-state index is 0.0314. The molecule has 0 radical (unpaired) electrons. The second-order valence-corrected chi connectivity index (χ2v) is 6.75. The molecule has 1 N–H and O–H groups in total. The Bertz CT molecular complexity index is 740. The Morgan fingerprint density at radius 2 is 1.83 bits per heavy atom. The third kappa shape index (κ3) is 2.84. The molecular weight excluding hydrogens is 302 g/mol. The first-order chi connectivity index (χ1) is 11.4. The lowest BCUT2D eigenvalue weighted by atomic mass is 9.70. The Balaban J connectivity index is 2.12. The van der Waals surface area contributed by atoms with Gasteiger partial charge in [-0.2, -0.15) is 0 Å². The Morgan fingerprint density at radius 1 is 1.12 bits per heavy atom. The van der Waals surface area contributed by atoms with Crippen molar-refractivity contribution in [3.8, 4) is 5.75 Å². The molecule has 0 fully saturated rings. The lowest BCUT2D eigenvalue weighted by molar-refractivity contribution is -0.154. The fourth-order valence-corrected chi connectivity index (χ4v) is 3.45. The SMILES string of the molecule is COc1ccc2c(c1)[C@H](OC(C)=O)C(C)(C)[C@@H](c1ccccc1)N2. The number of anilines is 1. The second kappa shape index (κ2) is 6.19. The van der Waals surface area contributed by atoms with Gasteiger partial charge >= 0.3 is 5.97 Å². The maximum atomic E-state index is 11.7. The highest BCUT2D eigenvalue weighted by Crippen LogP contribution is 2.53. The number of hydrogen-bond donors (Lipinski definition) is 1. The molecule has 1 aliphatic rings. The Hall–Kier alpha value is -2.49. The van der Waals surface area contributed by atoms with Gasteiger partial charge in [0.1, 0.15) is 11.9 Å². The molecular formula is C20H23NO3. The quantitative estimate of drug-likeness (QED) is 0.845. The lowest BCUT2D eigenvalue weighted by Gasteiger charge is -2.46. The van der Waals surface area contributed by atoms with Gasteiger partial charge in [0.15, 0.2) is 0 Å². The number of carbonyl (C=O) groups excluding carboxylic acids is 1. The molecule has 2 atom stereocenters. The zero-order chi connectivity index (χ0) is 17.3. The monoisotopic (exact) mass is 325 g/mol. The number of nitrogens with one attached hydrogen (secondary N) is 1. The molecule has 1 aliphatic heterocycles. The first-order valence-corrected chi connectivity index (χ1v) is 8.10. The van der Waals surface area contributed by atoms with Crippen molar-refractivity contribution >= 4 is 11.7 Å². The van der Waals surface area contributed by atoms with E-state index in [1.165, 1.54) is 12.5 Å². The Morgan fingerprint density at radius 3 is 2.46 bits per heavy atom. The summed E-state index contributed by atoms with van der Waals surface area (Å²) in [4.78, 5) is 11.7. The summed E-state index contributed by atoms with van der Waals surface area (Å²) in [5.74, 6) is 0.470. The predicted octanol–water partition coefficient (Wildman–Crippen LogP) is 4.49. The van der Waals surface area contributed by atoms with Gasteiger partial charge in [0.05, 0.1) is 13.2 Å². The van der Waals surface area contributed by atoms with E-state index in [1.807, 2.05) is 36.4 Å². The molecule has 2 aromatic carbocycles. The average molecular weight is 325 g/mol. The summed E-state index contributed by atoms with van der Waals surface area (Å²) in [6.07, 6.45) is -0.355. The van der Waals surface area contributed by atoms with Crippen molar-refractivity contribution < 1.29 is 14.3 Å². The molecule has 24 heavy (non-hydrogen) atoms. The van der Waals surface area contributed by atoms with Crippen LogP contribution in [0.5, 0.6) is 5.75 Å². The number of esters is 1. The largest absolute Gasteiger partial charge is 0.497 e. The lowest BCUT2D eigenvalue weighted by Crippen LogP contribution is -2.40. The van der Waals surface area contributed by atoms with Crippen LogP contribution in [0.3, 0.4) is 0 Å². The van der Waals surface area contributed by atoms with Crippen molar-refractivity contribution in [1.29, 1.82) is 0 Å². The third-order valence-electron chi connectivity index (χ3n) is 4.68. The van der Waals surface area contributed by atoms with E-state index >= 15 is 0 Å². The van der Waals surface area contributed by atoms with Crippen molar-refractivity contribution in [2.24, 2.45) is 5.41 Å². The van der Waals surface area contributed by atoms with E-state index < -0.39 is 0 Å². The smallest absolute Gasteiger partial charge is 0.303 e. The number of hydrogen-bond acceptors (Lipinski definition) is 4. The van der Waals surface area contributed by atoms with E-state index in [0.29, 0.717) is 0 Å². The molecule has 0 amide bonds. The maximum absolute atomic E-state index is 11.7. The van der Waals surface area contributed by atoms with E-state index in [2.05, 4.69) is 31.3 Å². The number of carbonyl (C=O) groups is 1. The molecule has 4 heteroatoms. The predicted molar refractivity (Wildman–Crippen MR) is 94.1 cm³/mol. The molecule has 4 nitrogen and oxygen atoms in total. The number of methoxy groups -OCH3 is 1.